The molecular formula is C16H23N3O2. The molecule has 21 heavy (non-hydrogen) atoms. The van der Waals surface area contributed by atoms with Crippen LogP contribution in [-0.4, -0.2) is 43.2 Å². The van der Waals surface area contributed by atoms with E-state index in [1.165, 1.54) is 0 Å². The molecule has 0 bridgehead atoms. The molecule has 1 aromatic rings. The molecule has 114 valence electrons. The number of carbonyl (C=O) groups is 1. The molecule has 2 aliphatic heterocycles. The molecule has 5 heteroatoms. The summed E-state index contributed by atoms with van der Waals surface area (Å²) in [6.45, 7) is 3.56. The Morgan fingerprint density at radius 3 is 2.95 bits per heavy atom. The van der Waals surface area contributed by atoms with Gasteiger partial charge < -0.3 is 20.7 Å². The molecule has 2 saturated heterocycles. The van der Waals surface area contributed by atoms with E-state index < -0.39 is 0 Å². The first-order chi connectivity index (χ1) is 10.2. The lowest BCUT2D eigenvalue weighted by Crippen LogP contribution is -2.50. The van der Waals surface area contributed by atoms with E-state index in [9.17, 15) is 4.79 Å². The first-order valence-electron chi connectivity index (χ1n) is 7.62. The van der Waals surface area contributed by atoms with Crippen LogP contribution in [-0.2, 0) is 11.3 Å². The van der Waals surface area contributed by atoms with Gasteiger partial charge in [0.1, 0.15) is 6.61 Å². The van der Waals surface area contributed by atoms with E-state index in [0.717, 1.165) is 31.5 Å². The Morgan fingerprint density at radius 1 is 1.43 bits per heavy atom. The second-order valence-corrected chi connectivity index (χ2v) is 6.17. The number of rotatable bonds is 2. The van der Waals surface area contributed by atoms with Crippen LogP contribution in [0, 0.1) is 5.41 Å². The number of likely N-dealkylation sites (tertiary alicyclic amines) is 1. The van der Waals surface area contributed by atoms with Gasteiger partial charge in [0.2, 0.25) is 0 Å². The molecule has 1 amide bonds. The lowest BCUT2D eigenvalue weighted by Gasteiger charge is -2.36. The quantitative estimate of drug-likeness (QED) is 0.862. The lowest BCUT2D eigenvalue weighted by molar-refractivity contribution is 0.0972. The Hall–Kier alpha value is -1.59. The van der Waals surface area contributed by atoms with Gasteiger partial charge in [-0.05, 0) is 24.9 Å². The maximum atomic E-state index is 12.2. The van der Waals surface area contributed by atoms with Crippen molar-refractivity contribution in [1.82, 2.24) is 10.2 Å². The highest BCUT2D eigenvalue weighted by atomic mass is 16.6. The van der Waals surface area contributed by atoms with Crippen LogP contribution in [0.3, 0.4) is 0 Å². The van der Waals surface area contributed by atoms with Crippen molar-refractivity contribution < 1.29 is 9.53 Å². The Bertz CT molecular complexity index is 486. The average molecular weight is 289 g/mol. The SMILES string of the molecule is N[C@H]1CN(C(=O)OCc2ccccc2)CC12CCCNC2. The minimum Gasteiger partial charge on any atom is -0.445 e. The summed E-state index contributed by atoms with van der Waals surface area (Å²) in [5.74, 6) is 0. The number of nitrogens with one attached hydrogen (secondary N) is 1. The van der Waals surface area contributed by atoms with E-state index in [1.54, 1.807) is 4.90 Å². The highest BCUT2D eigenvalue weighted by Crippen LogP contribution is 2.35. The molecule has 0 radical (unpaired) electrons. The summed E-state index contributed by atoms with van der Waals surface area (Å²) >= 11 is 0. The third-order valence-corrected chi connectivity index (χ3v) is 4.68. The molecule has 3 rings (SSSR count). The molecule has 0 saturated carbocycles. The Labute approximate surface area is 125 Å². The third-order valence-electron chi connectivity index (χ3n) is 4.68. The van der Waals surface area contributed by atoms with Gasteiger partial charge in [-0.15, -0.1) is 0 Å². The summed E-state index contributed by atoms with van der Waals surface area (Å²) in [5, 5.41) is 3.41. The van der Waals surface area contributed by atoms with Crippen LogP contribution in [0.25, 0.3) is 0 Å². The molecule has 1 spiro atoms. The summed E-state index contributed by atoms with van der Waals surface area (Å²) in [7, 11) is 0. The molecule has 5 nitrogen and oxygen atoms in total. The number of nitrogens with zero attached hydrogens (tertiary/aromatic N) is 1. The molecule has 0 aromatic heterocycles. The second-order valence-electron chi connectivity index (χ2n) is 6.17. The molecule has 1 unspecified atom stereocenters. The topological polar surface area (TPSA) is 67.6 Å². The molecule has 1 aromatic carbocycles. The van der Waals surface area contributed by atoms with Crippen molar-refractivity contribution in [3.63, 3.8) is 0 Å². The van der Waals surface area contributed by atoms with Gasteiger partial charge in [0, 0.05) is 31.1 Å². The highest BCUT2D eigenvalue weighted by Gasteiger charge is 2.47. The fourth-order valence-electron chi connectivity index (χ4n) is 3.39. The summed E-state index contributed by atoms with van der Waals surface area (Å²) in [4.78, 5) is 14.0. The minimum atomic E-state index is -0.253. The average Bonchev–Trinajstić information content (AvgIpc) is 2.83. The number of hydrogen-bond acceptors (Lipinski definition) is 4. The second kappa shape index (κ2) is 6.03. The van der Waals surface area contributed by atoms with E-state index in [-0.39, 0.29) is 17.6 Å². The minimum absolute atomic E-state index is 0.0318. The Balaban J connectivity index is 1.56. The van der Waals surface area contributed by atoms with E-state index in [0.29, 0.717) is 19.7 Å². The van der Waals surface area contributed by atoms with Crippen molar-refractivity contribution in [2.24, 2.45) is 11.1 Å². The van der Waals surface area contributed by atoms with E-state index in [1.807, 2.05) is 30.3 Å². The molecule has 2 fully saturated rings. The highest BCUT2D eigenvalue weighted by molar-refractivity contribution is 5.68. The zero-order chi connectivity index (χ0) is 14.7. The Morgan fingerprint density at radius 2 is 2.24 bits per heavy atom. The monoisotopic (exact) mass is 289 g/mol. The van der Waals surface area contributed by atoms with Gasteiger partial charge in [-0.2, -0.15) is 0 Å². The summed E-state index contributed by atoms with van der Waals surface area (Å²) in [5.41, 5.74) is 7.33. The molecule has 2 atom stereocenters. The predicted octanol–water partition coefficient (Wildman–Crippen LogP) is 1.34. The zero-order valence-electron chi connectivity index (χ0n) is 12.3. The van der Waals surface area contributed by atoms with Gasteiger partial charge in [-0.3, -0.25) is 0 Å². The van der Waals surface area contributed by atoms with E-state index >= 15 is 0 Å². The number of nitrogens with two attached hydrogens (primary N) is 1. The standard InChI is InChI=1S/C16H23N3O2/c17-14-9-19(12-16(14)7-4-8-18-11-16)15(20)21-10-13-5-2-1-3-6-13/h1-3,5-6,14,18H,4,7-12,17H2/t14-,16?/m0/s1. The maximum absolute atomic E-state index is 12.2. The number of hydrogen-bond donors (Lipinski definition) is 2. The van der Waals surface area contributed by atoms with Crippen molar-refractivity contribution in [2.75, 3.05) is 26.2 Å². The van der Waals surface area contributed by atoms with Crippen LogP contribution in [0.1, 0.15) is 18.4 Å². The lowest BCUT2D eigenvalue weighted by atomic mass is 9.77. The largest absolute Gasteiger partial charge is 0.445 e. The van der Waals surface area contributed by atoms with Gasteiger partial charge in [0.15, 0.2) is 0 Å². The predicted molar refractivity (Wildman–Crippen MR) is 80.7 cm³/mol. The van der Waals surface area contributed by atoms with Gasteiger partial charge in [0.05, 0.1) is 0 Å². The van der Waals surface area contributed by atoms with Crippen molar-refractivity contribution in [3.05, 3.63) is 35.9 Å². The first kappa shape index (κ1) is 14.4. The van der Waals surface area contributed by atoms with Crippen LogP contribution in [0.15, 0.2) is 30.3 Å². The molecule has 2 heterocycles. The first-order valence-corrected chi connectivity index (χ1v) is 7.62. The summed E-state index contributed by atoms with van der Waals surface area (Å²) in [6, 6.07) is 9.78. The number of amides is 1. The van der Waals surface area contributed by atoms with Gasteiger partial charge in [-0.25, -0.2) is 4.79 Å². The van der Waals surface area contributed by atoms with E-state index in [2.05, 4.69) is 5.32 Å². The van der Waals surface area contributed by atoms with Crippen molar-refractivity contribution in [2.45, 2.75) is 25.5 Å². The van der Waals surface area contributed by atoms with Crippen LogP contribution in [0.4, 0.5) is 4.79 Å². The number of ether oxygens (including phenoxy) is 1. The zero-order valence-corrected chi connectivity index (χ0v) is 12.3. The molecule has 0 aliphatic carbocycles. The van der Waals surface area contributed by atoms with Crippen LogP contribution in [0.2, 0.25) is 0 Å². The molecular weight excluding hydrogens is 266 g/mol. The fraction of sp³-hybridized carbons (Fsp3) is 0.562. The fourth-order valence-corrected chi connectivity index (χ4v) is 3.39. The van der Waals surface area contributed by atoms with Crippen molar-refractivity contribution >= 4 is 6.09 Å². The molecule has 2 aliphatic rings. The molecule has 3 N–H and O–H groups in total. The maximum Gasteiger partial charge on any atom is 0.410 e. The van der Waals surface area contributed by atoms with Crippen molar-refractivity contribution in [3.8, 4) is 0 Å². The normalized spacial score (nSPS) is 28.8. The summed E-state index contributed by atoms with van der Waals surface area (Å²) < 4.78 is 5.41. The van der Waals surface area contributed by atoms with Crippen LogP contribution in [0.5, 0.6) is 0 Å². The van der Waals surface area contributed by atoms with Gasteiger partial charge in [-0.1, -0.05) is 30.3 Å². The van der Waals surface area contributed by atoms with Crippen LogP contribution >= 0.6 is 0 Å². The van der Waals surface area contributed by atoms with Crippen LogP contribution < -0.4 is 11.1 Å². The van der Waals surface area contributed by atoms with Gasteiger partial charge >= 0.3 is 6.09 Å². The Kier molecular flexibility index (Phi) is 4.12. The smallest absolute Gasteiger partial charge is 0.410 e. The van der Waals surface area contributed by atoms with E-state index in [4.69, 9.17) is 10.5 Å². The summed E-state index contributed by atoms with van der Waals surface area (Å²) in [6.07, 6.45) is 1.96. The number of piperidine rings is 1. The number of carbonyl (C=O) groups excluding carboxylic acids is 1. The number of benzene rings is 1. The van der Waals surface area contributed by atoms with Gasteiger partial charge in [0.25, 0.3) is 0 Å². The van der Waals surface area contributed by atoms with Crippen molar-refractivity contribution in [1.29, 1.82) is 0 Å². The third kappa shape index (κ3) is 3.04.